The molecule has 2 aromatic carbocycles. The molecule has 1 N–H and O–H groups in total. The fourth-order valence-corrected chi connectivity index (χ4v) is 7.89. The van der Waals surface area contributed by atoms with E-state index in [0.29, 0.717) is 17.9 Å². The van der Waals surface area contributed by atoms with Crippen molar-refractivity contribution in [1.29, 1.82) is 0 Å². The van der Waals surface area contributed by atoms with Crippen LogP contribution in [0.1, 0.15) is 38.7 Å². The van der Waals surface area contributed by atoms with E-state index >= 15 is 0 Å². The number of sulfonamides is 1. The smallest absolute Gasteiger partial charge is 0.248 e. The number of nitrogens with one attached hydrogen (secondary N) is 1. The van der Waals surface area contributed by atoms with Crippen molar-refractivity contribution in [2.75, 3.05) is 20.2 Å². The van der Waals surface area contributed by atoms with E-state index in [9.17, 15) is 22.8 Å². The van der Waals surface area contributed by atoms with Crippen molar-refractivity contribution in [1.82, 2.24) is 19.4 Å². The van der Waals surface area contributed by atoms with Crippen molar-refractivity contribution in [3.63, 3.8) is 0 Å². The molecular formula is C29H34Cl2N4O6S. The molecular weight excluding hydrogens is 603 g/mol. The Labute approximate surface area is 255 Å². The van der Waals surface area contributed by atoms with Crippen LogP contribution in [0.3, 0.4) is 0 Å². The number of carbonyl (C=O) groups excluding carboxylic acids is 3. The Morgan fingerprint density at radius 1 is 1.02 bits per heavy atom. The molecule has 3 unspecified atom stereocenters. The van der Waals surface area contributed by atoms with Gasteiger partial charge in [0.1, 0.15) is 28.9 Å². The minimum atomic E-state index is -4.35. The first-order valence-corrected chi connectivity index (χ1v) is 16.1. The predicted octanol–water partition coefficient (Wildman–Crippen LogP) is 3.31. The maximum Gasteiger partial charge on any atom is 0.248 e. The lowest BCUT2D eigenvalue weighted by molar-refractivity contribution is -0.169. The summed E-state index contributed by atoms with van der Waals surface area (Å²) in [5, 5.41) is 3.52. The molecule has 1 saturated carbocycles. The van der Waals surface area contributed by atoms with Gasteiger partial charge in [0.05, 0.1) is 13.7 Å². The van der Waals surface area contributed by atoms with Gasteiger partial charge in [0, 0.05) is 35.0 Å². The molecule has 3 fully saturated rings. The summed E-state index contributed by atoms with van der Waals surface area (Å²) in [5.74, 6) is -1.22. The summed E-state index contributed by atoms with van der Waals surface area (Å²) in [6.45, 7) is 3.35. The number of piperazine rings is 1. The van der Waals surface area contributed by atoms with Crippen molar-refractivity contribution < 1.29 is 27.5 Å². The maximum atomic E-state index is 14.4. The Hall–Kier alpha value is -2.86. The predicted molar refractivity (Wildman–Crippen MR) is 158 cm³/mol. The molecule has 1 aliphatic carbocycles. The lowest BCUT2D eigenvalue weighted by Crippen LogP contribution is -2.76. The van der Waals surface area contributed by atoms with Gasteiger partial charge >= 0.3 is 0 Å². The molecule has 3 atom stereocenters. The van der Waals surface area contributed by atoms with Gasteiger partial charge in [-0.25, -0.2) is 8.42 Å². The number of amides is 3. The molecule has 3 amide bonds. The van der Waals surface area contributed by atoms with Crippen molar-refractivity contribution >= 4 is 50.9 Å². The van der Waals surface area contributed by atoms with E-state index in [1.165, 1.54) is 34.5 Å². The Kier molecular flexibility index (Phi) is 8.76. The van der Waals surface area contributed by atoms with Gasteiger partial charge < -0.3 is 19.9 Å². The van der Waals surface area contributed by atoms with Gasteiger partial charge in [0.15, 0.2) is 0 Å². The molecule has 3 aliphatic rings. The van der Waals surface area contributed by atoms with Gasteiger partial charge in [0.2, 0.25) is 27.7 Å². The van der Waals surface area contributed by atoms with Crippen LogP contribution in [0.2, 0.25) is 10.0 Å². The van der Waals surface area contributed by atoms with Crippen molar-refractivity contribution in [2.45, 2.75) is 68.7 Å². The molecule has 5 rings (SSSR count). The number of hydrogen-bond donors (Lipinski definition) is 1. The number of methoxy groups -OCH3 is 1. The van der Waals surface area contributed by atoms with E-state index in [1.807, 2.05) is 13.8 Å². The molecule has 2 aliphatic heterocycles. The number of benzene rings is 2. The van der Waals surface area contributed by atoms with Gasteiger partial charge in [0.25, 0.3) is 0 Å². The van der Waals surface area contributed by atoms with E-state index in [1.54, 1.807) is 29.2 Å². The zero-order valence-electron chi connectivity index (χ0n) is 23.6. The Bertz CT molecular complexity index is 1480. The number of carbonyl (C=O) groups is 3. The van der Waals surface area contributed by atoms with Gasteiger partial charge in [-0.3, -0.25) is 14.4 Å². The summed E-state index contributed by atoms with van der Waals surface area (Å²) < 4.78 is 35.4. The molecule has 0 bridgehead atoms. The minimum Gasteiger partial charge on any atom is -0.495 e. The third-order valence-corrected chi connectivity index (χ3v) is 10.7. The second-order valence-electron chi connectivity index (χ2n) is 11.2. The van der Waals surface area contributed by atoms with Crippen LogP contribution in [0, 0.1) is 5.92 Å². The highest BCUT2D eigenvalue weighted by Crippen LogP contribution is 2.36. The molecule has 226 valence electrons. The highest BCUT2D eigenvalue weighted by Gasteiger charge is 2.54. The molecule has 42 heavy (non-hydrogen) atoms. The van der Waals surface area contributed by atoms with Crippen LogP contribution in [0.15, 0.2) is 47.4 Å². The van der Waals surface area contributed by atoms with Crippen LogP contribution in [-0.4, -0.2) is 84.7 Å². The van der Waals surface area contributed by atoms with E-state index in [-0.39, 0.29) is 59.0 Å². The van der Waals surface area contributed by atoms with Crippen LogP contribution >= 0.6 is 23.2 Å². The summed E-state index contributed by atoms with van der Waals surface area (Å²) in [4.78, 5) is 43.8. The Morgan fingerprint density at radius 2 is 1.69 bits per heavy atom. The van der Waals surface area contributed by atoms with E-state index in [0.717, 1.165) is 12.0 Å². The third kappa shape index (κ3) is 5.71. The topological polar surface area (TPSA) is 116 Å². The maximum absolute atomic E-state index is 14.4. The van der Waals surface area contributed by atoms with E-state index in [2.05, 4.69) is 5.32 Å². The van der Waals surface area contributed by atoms with Crippen LogP contribution in [0.5, 0.6) is 5.75 Å². The SMILES string of the molecule is COc1ccc(Cl)cc1S(=O)(=O)N1CC(NC(=O)C2CCC2)C(=O)N2C(Cc3ccc(Cl)cc3)C(=O)N(C(C)C)CC21. The van der Waals surface area contributed by atoms with Crippen LogP contribution in [0.25, 0.3) is 0 Å². The van der Waals surface area contributed by atoms with Crippen LogP contribution < -0.4 is 10.1 Å². The molecule has 2 saturated heterocycles. The molecule has 2 heterocycles. The monoisotopic (exact) mass is 636 g/mol. The summed E-state index contributed by atoms with van der Waals surface area (Å²) >= 11 is 12.3. The summed E-state index contributed by atoms with van der Waals surface area (Å²) in [5.41, 5.74) is 0.751. The number of rotatable bonds is 8. The average molecular weight is 638 g/mol. The van der Waals surface area contributed by atoms with Crippen molar-refractivity contribution in [3.05, 3.63) is 58.1 Å². The number of fused-ring (bicyclic) bond motifs is 1. The first-order chi connectivity index (χ1) is 19.9. The van der Waals surface area contributed by atoms with E-state index < -0.39 is 34.2 Å². The standard InChI is InChI=1S/C29H34Cl2N4O6S/c1-17(2)33-16-26-34(42(39,40)25-14-21(31)11-12-24(25)41-3)15-22(32-27(36)19-5-4-6-19)28(37)35(26)23(29(33)38)13-18-7-9-20(30)10-8-18/h7-12,14,17,19,22-23,26H,4-6,13,15-16H2,1-3H3,(H,32,36). The Morgan fingerprint density at radius 3 is 2.29 bits per heavy atom. The molecule has 0 spiro atoms. The number of ether oxygens (including phenoxy) is 1. The highest BCUT2D eigenvalue weighted by atomic mass is 35.5. The quantitative estimate of drug-likeness (QED) is 0.475. The lowest BCUT2D eigenvalue weighted by Gasteiger charge is -2.54. The highest BCUT2D eigenvalue weighted by molar-refractivity contribution is 7.89. The second-order valence-corrected chi connectivity index (χ2v) is 13.9. The number of halogens is 2. The lowest BCUT2D eigenvalue weighted by atomic mass is 9.84. The van der Waals surface area contributed by atoms with Crippen LogP contribution in [-0.2, 0) is 30.8 Å². The van der Waals surface area contributed by atoms with Crippen LogP contribution in [0.4, 0.5) is 0 Å². The zero-order chi connectivity index (χ0) is 30.3. The summed E-state index contributed by atoms with van der Waals surface area (Å²) in [7, 11) is -2.99. The third-order valence-electron chi connectivity index (χ3n) is 8.30. The zero-order valence-corrected chi connectivity index (χ0v) is 26.0. The average Bonchev–Trinajstić information content (AvgIpc) is 2.91. The molecule has 0 radical (unpaired) electrons. The second kappa shape index (κ2) is 12.0. The van der Waals surface area contributed by atoms with E-state index in [4.69, 9.17) is 27.9 Å². The van der Waals surface area contributed by atoms with Crippen molar-refractivity contribution in [3.8, 4) is 5.75 Å². The first kappa shape index (κ1) is 30.6. The minimum absolute atomic E-state index is 0.0369. The van der Waals surface area contributed by atoms with Gasteiger partial charge in [-0.2, -0.15) is 4.31 Å². The summed E-state index contributed by atoms with van der Waals surface area (Å²) in [6.07, 6.45) is 1.45. The normalized spacial score (nSPS) is 23.5. The van der Waals surface area contributed by atoms with Gasteiger partial charge in [-0.15, -0.1) is 0 Å². The molecule has 0 aromatic heterocycles. The molecule has 13 heteroatoms. The largest absolute Gasteiger partial charge is 0.495 e. The van der Waals surface area contributed by atoms with Crippen molar-refractivity contribution in [2.24, 2.45) is 5.92 Å². The van der Waals surface area contributed by atoms with Gasteiger partial charge in [-0.05, 0) is 62.6 Å². The molecule has 2 aromatic rings. The van der Waals surface area contributed by atoms with Gasteiger partial charge in [-0.1, -0.05) is 41.8 Å². The number of nitrogens with zero attached hydrogens (tertiary/aromatic N) is 3. The summed E-state index contributed by atoms with van der Waals surface area (Å²) in [6, 6.07) is 8.78. The first-order valence-electron chi connectivity index (χ1n) is 13.9. The fraction of sp³-hybridized carbons (Fsp3) is 0.483. The number of hydrogen-bond acceptors (Lipinski definition) is 6. The molecule has 10 nitrogen and oxygen atoms in total. The Balaban J connectivity index is 1.61. The fourth-order valence-electron chi connectivity index (χ4n) is 5.76.